The van der Waals surface area contributed by atoms with Gasteiger partial charge in [0.1, 0.15) is 0 Å². The maximum atomic E-state index is 10.6. The SMILES string of the molecule is O=[S-](=S)N1CCOCC1. The summed E-state index contributed by atoms with van der Waals surface area (Å²) >= 11 is 4.54. The van der Waals surface area contributed by atoms with Crippen molar-refractivity contribution in [2.45, 2.75) is 0 Å². The molecule has 0 N–H and O–H groups in total. The Kier molecular flexibility index (Phi) is 2.84. The Bertz CT molecular complexity index is 143. The minimum absolute atomic E-state index is 0.655. The summed E-state index contributed by atoms with van der Waals surface area (Å²) in [6, 6.07) is 0. The molecule has 1 rings (SSSR count). The van der Waals surface area contributed by atoms with Crippen LogP contribution in [0.15, 0.2) is 0 Å². The molecule has 0 amide bonds. The quantitative estimate of drug-likeness (QED) is 0.499. The van der Waals surface area contributed by atoms with Crippen molar-refractivity contribution in [2.75, 3.05) is 26.3 Å². The van der Waals surface area contributed by atoms with E-state index in [2.05, 4.69) is 11.2 Å². The zero-order valence-electron chi connectivity index (χ0n) is 4.91. The van der Waals surface area contributed by atoms with Gasteiger partial charge in [-0.3, -0.25) is 0 Å². The fourth-order valence-corrected chi connectivity index (χ4v) is 1.59. The lowest BCUT2D eigenvalue weighted by atomic mass is 10.5. The average Bonchev–Trinajstić information content (AvgIpc) is 1.90. The van der Waals surface area contributed by atoms with Crippen molar-refractivity contribution in [1.82, 2.24) is 4.31 Å². The lowest BCUT2D eigenvalue weighted by molar-refractivity contribution is 0.0759. The summed E-state index contributed by atoms with van der Waals surface area (Å²) in [6.45, 7) is 2.72. The van der Waals surface area contributed by atoms with Crippen molar-refractivity contribution >= 4 is 20.7 Å². The summed E-state index contributed by atoms with van der Waals surface area (Å²) in [4.78, 5) is 0. The number of morpholine rings is 1. The van der Waals surface area contributed by atoms with Crippen LogP contribution in [0.5, 0.6) is 0 Å². The van der Waals surface area contributed by atoms with Crippen molar-refractivity contribution in [2.24, 2.45) is 0 Å². The van der Waals surface area contributed by atoms with Crippen LogP contribution in [0, 0.1) is 0 Å². The predicted molar refractivity (Wildman–Crippen MR) is 37.8 cm³/mol. The minimum Gasteiger partial charge on any atom is -0.437 e. The fourth-order valence-electron chi connectivity index (χ4n) is 0.696. The molecule has 0 aromatic rings. The summed E-state index contributed by atoms with van der Waals surface area (Å²) < 4.78 is 17.3. The van der Waals surface area contributed by atoms with Crippen LogP contribution in [-0.2, 0) is 29.7 Å². The normalized spacial score (nSPS) is 22.8. The molecule has 0 atom stereocenters. The Hall–Kier alpha value is 0.290. The van der Waals surface area contributed by atoms with Crippen LogP contribution >= 0.6 is 0 Å². The van der Waals surface area contributed by atoms with Gasteiger partial charge in [-0.25, -0.2) is 11.2 Å². The van der Waals surface area contributed by atoms with Gasteiger partial charge in [-0.15, -0.1) is 9.54 Å². The van der Waals surface area contributed by atoms with Gasteiger partial charge in [-0.2, -0.15) is 0 Å². The van der Waals surface area contributed by atoms with E-state index in [4.69, 9.17) is 4.74 Å². The third kappa shape index (κ3) is 2.17. The number of nitrogens with zero attached hydrogens (tertiary/aromatic N) is 1. The molecule has 0 unspecified atom stereocenters. The van der Waals surface area contributed by atoms with E-state index >= 15 is 0 Å². The van der Waals surface area contributed by atoms with Gasteiger partial charge < -0.3 is 13.3 Å². The molecule has 1 fully saturated rings. The highest BCUT2D eigenvalue weighted by Crippen LogP contribution is 1.95. The summed E-state index contributed by atoms with van der Waals surface area (Å²) in [5.41, 5.74) is 0. The molecule has 0 radical (unpaired) electrons. The summed E-state index contributed by atoms with van der Waals surface area (Å²) in [6.07, 6.45) is 0. The molecule has 9 heavy (non-hydrogen) atoms. The topological polar surface area (TPSA) is 29.5 Å². The van der Waals surface area contributed by atoms with Crippen molar-refractivity contribution in [3.63, 3.8) is 0 Å². The Balaban J connectivity index is 2.40. The van der Waals surface area contributed by atoms with E-state index in [0.717, 1.165) is 0 Å². The molecule has 1 saturated heterocycles. The van der Waals surface area contributed by atoms with Crippen molar-refractivity contribution < 1.29 is 8.95 Å². The van der Waals surface area contributed by atoms with Gasteiger partial charge in [-0.05, 0) is 0 Å². The van der Waals surface area contributed by atoms with Gasteiger partial charge in [0, 0.05) is 13.1 Å². The largest absolute Gasteiger partial charge is 0.437 e. The molecular weight excluding hydrogens is 158 g/mol. The molecule has 0 aliphatic carbocycles. The second kappa shape index (κ2) is 3.46. The lowest BCUT2D eigenvalue weighted by Crippen LogP contribution is -2.34. The lowest BCUT2D eigenvalue weighted by Gasteiger charge is -2.29. The molecule has 54 valence electrons. The van der Waals surface area contributed by atoms with Crippen LogP contribution < -0.4 is 0 Å². The monoisotopic (exact) mass is 166 g/mol. The molecule has 0 bridgehead atoms. The minimum atomic E-state index is -1.22. The second-order valence-electron chi connectivity index (χ2n) is 1.76. The highest BCUT2D eigenvalue weighted by molar-refractivity contribution is 8.20. The number of hydrogen-bond donors (Lipinski definition) is 0. The van der Waals surface area contributed by atoms with Crippen molar-refractivity contribution in [1.29, 1.82) is 0 Å². The third-order valence-corrected chi connectivity index (χ3v) is 2.60. The van der Waals surface area contributed by atoms with Crippen LogP contribution in [0.25, 0.3) is 0 Å². The van der Waals surface area contributed by atoms with Gasteiger partial charge in [0.2, 0.25) is 0 Å². The Morgan fingerprint density at radius 3 is 2.33 bits per heavy atom. The van der Waals surface area contributed by atoms with Crippen LogP contribution in [0.3, 0.4) is 0 Å². The van der Waals surface area contributed by atoms with Crippen LogP contribution in [0.4, 0.5) is 0 Å². The standard InChI is InChI=1S/C4H8NO2S2/c6-9(8)5-1-3-7-4-2-5/h1-4H2/q-1. The maximum absolute atomic E-state index is 10.6. The van der Waals surface area contributed by atoms with E-state index < -0.39 is 9.54 Å². The van der Waals surface area contributed by atoms with Crippen LogP contribution in [-0.4, -0.2) is 30.6 Å². The molecule has 1 aliphatic rings. The van der Waals surface area contributed by atoms with E-state index in [1.165, 1.54) is 0 Å². The van der Waals surface area contributed by atoms with Gasteiger partial charge in [-0.1, -0.05) is 0 Å². The second-order valence-corrected chi connectivity index (χ2v) is 3.56. The summed E-state index contributed by atoms with van der Waals surface area (Å²) in [7, 11) is -1.22. The van der Waals surface area contributed by atoms with E-state index in [1.807, 2.05) is 0 Å². The molecule has 0 saturated carbocycles. The first kappa shape index (κ1) is 7.40. The molecule has 5 heteroatoms. The summed E-state index contributed by atoms with van der Waals surface area (Å²) in [5.74, 6) is 0. The third-order valence-electron chi connectivity index (χ3n) is 1.18. The van der Waals surface area contributed by atoms with Gasteiger partial charge in [0.25, 0.3) is 0 Å². The first-order valence-electron chi connectivity index (χ1n) is 2.73. The Morgan fingerprint density at radius 1 is 1.44 bits per heavy atom. The smallest absolute Gasteiger partial charge is 0.0578 e. The molecule has 3 nitrogen and oxygen atoms in total. The molecule has 1 heterocycles. The van der Waals surface area contributed by atoms with Crippen LogP contribution in [0.2, 0.25) is 0 Å². The molecule has 1 aliphatic heterocycles. The average molecular weight is 166 g/mol. The molecule has 0 aromatic heterocycles. The number of rotatable bonds is 1. The van der Waals surface area contributed by atoms with E-state index in [9.17, 15) is 4.21 Å². The highest BCUT2D eigenvalue weighted by Gasteiger charge is 2.02. The van der Waals surface area contributed by atoms with E-state index in [0.29, 0.717) is 26.3 Å². The number of hydrogen-bond acceptors (Lipinski definition) is 4. The number of ether oxygens (including phenoxy) is 1. The zero-order chi connectivity index (χ0) is 6.69. The van der Waals surface area contributed by atoms with Gasteiger partial charge in [0.15, 0.2) is 0 Å². The van der Waals surface area contributed by atoms with Crippen LogP contribution in [0.1, 0.15) is 0 Å². The first-order chi connectivity index (χ1) is 4.30. The Morgan fingerprint density at radius 2 is 2.00 bits per heavy atom. The maximum Gasteiger partial charge on any atom is 0.0578 e. The van der Waals surface area contributed by atoms with Crippen molar-refractivity contribution in [3.8, 4) is 0 Å². The van der Waals surface area contributed by atoms with E-state index in [-0.39, 0.29) is 0 Å². The predicted octanol–water partition coefficient (Wildman–Crippen LogP) is -0.341. The highest BCUT2D eigenvalue weighted by atomic mass is 32.8. The van der Waals surface area contributed by atoms with E-state index in [1.54, 1.807) is 4.31 Å². The van der Waals surface area contributed by atoms with Crippen molar-refractivity contribution in [3.05, 3.63) is 0 Å². The Labute approximate surface area is 60.8 Å². The van der Waals surface area contributed by atoms with Gasteiger partial charge in [0.05, 0.1) is 13.2 Å². The van der Waals surface area contributed by atoms with Gasteiger partial charge >= 0.3 is 0 Å². The fraction of sp³-hybridized carbons (Fsp3) is 1.00. The zero-order valence-corrected chi connectivity index (χ0v) is 6.54. The molecular formula is C4H8NO2S2-. The molecule has 0 spiro atoms. The first-order valence-corrected chi connectivity index (χ1v) is 4.76. The molecule has 0 aromatic carbocycles. The summed E-state index contributed by atoms with van der Waals surface area (Å²) in [5, 5.41) is 0.